The number of carbonyl (C=O) groups excluding carboxylic acids is 2. The van der Waals surface area contributed by atoms with Gasteiger partial charge in [-0.25, -0.2) is 4.79 Å². The molecule has 5 nitrogen and oxygen atoms in total. The summed E-state index contributed by atoms with van der Waals surface area (Å²) >= 11 is 0. The molecule has 0 bridgehead atoms. The number of carbonyl (C=O) groups is 2. The number of rotatable bonds is 4. The van der Waals surface area contributed by atoms with Crippen LogP contribution < -0.4 is 0 Å². The Labute approximate surface area is 102 Å². The second-order valence-corrected chi connectivity index (χ2v) is 5.31. The van der Waals surface area contributed by atoms with Crippen molar-refractivity contribution in [1.29, 1.82) is 5.26 Å². The van der Waals surface area contributed by atoms with E-state index in [1.165, 1.54) is 4.90 Å². The average Bonchev–Trinajstić information content (AvgIpc) is 2.15. The molecule has 0 aliphatic rings. The van der Waals surface area contributed by atoms with Gasteiger partial charge in [0, 0.05) is 6.54 Å². The molecule has 0 atom stereocenters. The second-order valence-electron chi connectivity index (χ2n) is 5.31. The van der Waals surface area contributed by atoms with Gasteiger partial charge in [0.25, 0.3) is 0 Å². The van der Waals surface area contributed by atoms with Crippen LogP contribution in [0.15, 0.2) is 0 Å². The molecule has 96 valence electrons. The molecule has 0 aromatic heterocycles. The number of hydrogen-bond donors (Lipinski definition) is 0. The molecule has 0 saturated carbocycles. The minimum Gasteiger partial charge on any atom is -0.444 e. The predicted molar refractivity (Wildman–Crippen MR) is 63.3 cm³/mol. The highest BCUT2D eigenvalue weighted by Crippen LogP contribution is 2.17. The highest BCUT2D eigenvalue weighted by molar-refractivity contribution is 5.76. The Balaban J connectivity index is 4.88. The highest BCUT2D eigenvalue weighted by Gasteiger charge is 2.33. The lowest BCUT2D eigenvalue weighted by Crippen LogP contribution is -2.51. The first kappa shape index (κ1) is 15.4. The van der Waals surface area contributed by atoms with E-state index < -0.39 is 17.2 Å². The van der Waals surface area contributed by atoms with E-state index in [0.29, 0.717) is 6.29 Å². The first-order valence-corrected chi connectivity index (χ1v) is 5.48. The summed E-state index contributed by atoms with van der Waals surface area (Å²) in [6.45, 7) is 8.66. The van der Waals surface area contributed by atoms with E-state index in [1.807, 2.05) is 6.07 Å². The Kier molecular flexibility index (Phi) is 5.14. The molecule has 0 aliphatic heterocycles. The largest absolute Gasteiger partial charge is 0.444 e. The minimum absolute atomic E-state index is 0.163. The fourth-order valence-corrected chi connectivity index (χ4v) is 1.16. The van der Waals surface area contributed by atoms with E-state index in [4.69, 9.17) is 10.00 Å². The molecule has 0 aliphatic carbocycles. The molecule has 5 heteroatoms. The molecular formula is C12H20N2O3. The third-order valence-corrected chi connectivity index (χ3v) is 2.05. The third-order valence-electron chi connectivity index (χ3n) is 2.05. The molecule has 0 saturated heterocycles. The number of nitrogens with zero attached hydrogens (tertiary/aromatic N) is 2. The zero-order valence-electron chi connectivity index (χ0n) is 11.1. The molecule has 0 aromatic carbocycles. The summed E-state index contributed by atoms with van der Waals surface area (Å²) in [6, 6.07) is 1.95. The zero-order chi connectivity index (χ0) is 13.7. The predicted octanol–water partition coefficient (Wildman–Crippen LogP) is 2.11. The lowest BCUT2D eigenvalue weighted by Gasteiger charge is -2.35. The number of aldehydes is 1. The molecule has 0 fully saturated rings. The first-order chi connectivity index (χ1) is 7.64. The van der Waals surface area contributed by atoms with Crippen LogP contribution >= 0.6 is 0 Å². The van der Waals surface area contributed by atoms with Gasteiger partial charge >= 0.3 is 6.09 Å². The maximum atomic E-state index is 11.9. The molecule has 17 heavy (non-hydrogen) atoms. The van der Waals surface area contributed by atoms with Crippen LogP contribution in [0.1, 0.15) is 41.0 Å². The van der Waals surface area contributed by atoms with Gasteiger partial charge in [-0.2, -0.15) is 5.26 Å². The van der Waals surface area contributed by atoms with Crippen LogP contribution in [0.25, 0.3) is 0 Å². The van der Waals surface area contributed by atoms with E-state index in [2.05, 4.69) is 0 Å². The van der Waals surface area contributed by atoms with Crippen molar-refractivity contribution in [2.45, 2.75) is 52.2 Å². The van der Waals surface area contributed by atoms with Gasteiger partial charge in [-0.3, -0.25) is 4.90 Å². The monoisotopic (exact) mass is 240 g/mol. The van der Waals surface area contributed by atoms with Crippen molar-refractivity contribution in [3.63, 3.8) is 0 Å². The molecule has 0 spiro atoms. The number of hydrogen-bond acceptors (Lipinski definition) is 4. The first-order valence-electron chi connectivity index (χ1n) is 5.48. The summed E-state index contributed by atoms with van der Waals surface area (Å²) in [4.78, 5) is 24.1. The van der Waals surface area contributed by atoms with Crippen LogP contribution in [0.2, 0.25) is 0 Å². The molecule has 0 aromatic rings. The van der Waals surface area contributed by atoms with Crippen molar-refractivity contribution in [3.05, 3.63) is 0 Å². The quantitative estimate of drug-likeness (QED) is 0.706. The van der Waals surface area contributed by atoms with E-state index in [-0.39, 0.29) is 13.0 Å². The zero-order valence-corrected chi connectivity index (χ0v) is 11.1. The SMILES string of the molecule is CC(C)(C)OC(=O)N(CCC#N)C(C)(C)C=O. The summed E-state index contributed by atoms with van der Waals surface area (Å²) in [5.74, 6) is 0. The summed E-state index contributed by atoms with van der Waals surface area (Å²) in [5.41, 5.74) is -1.60. The minimum atomic E-state index is -0.973. The van der Waals surface area contributed by atoms with Crippen LogP contribution in [0, 0.1) is 11.3 Å². The van der Waals surface area contributed by atoms with Gasteiger partial charge in [-0.15, -0.1) is 0 Å². The molecule has 0 radical (unpaired) electrons. The average molecular weight is 240 g/mol. The number of ether oxygens (including phenoxy) is 1. The van der Waals surface area contributed by atoms with Gasteiger partial charge < -0.3 is 9.53 Å². The fraction of sp³-hybridized carbons (Fsp3) is 0.750. The second kappa shape index (κ2) is 5.67. The summed E-state index contributed by atoms with van der Waals surface area (Å²) in [7, 11) is 0. The van der Waals surface area contributed by atoms with Gasteiger partial charge in [0.05, 0.1) is 18.0 Å². The summed E-state index contributed by atoms with van der Waals surface area (Å²) in [6.07, 6.45) is 0.259. The van der Waals surface area contributed by atoms with Gasteiger partial charge in [-0.05, 0) is 34.6 Å². The number of amides is 1. The molecule has 0 heterocycles. The lowest BCUT2D eigenvalue weighted by atomic mass is 10.1. The summed E-state index contributed by atoms with van der Waals surface area (Å²) in [5, 5.41) is 8.55. The van der Waals surface area contributed by atoms with Crippen molar-refractivity contribution < 1.29 is 14.3 Å². The van der Waals surface area contributed by atoms with Crippen molar-refractivity contribution >= 4 is 12.4 Å². The molecule has 1 amide bonds. The summed E-state index contributed by atoms with van der Waals surface area (Å²) < 4.78 is 5.20. The van der Waals surface area contributed by atoms with Crippen molar-refractivity contribution in [3.8, 4) is 6.07 Å². The molecule has 0 N–H and O–H groups in total. The lowest BCUT2D eigenvalue weighted by molar-refractivity contribution is -0.116. The molecule has 0 unspecified atom stereocenters. The van der Waals surface area contributed by atoms with Crippen molar-refractivity contribution in [2.24, 2.45) is 0 Å². The standard InChI is InChI=1S/C12H20N2O3/c1-11(2,3)17-10(16)14(8-6-7-13)12(4,5)9-15/h9H,6,8H2,1-5H3. The van der Waals surface area contributed by atoms with Crippen molar-refractivity contribution in [2.75, 3.05) is 6.54 Å². The van der Waals surface area contributed by atoms with Crippen LogP contribution in [0.4, 0.5) is 4.79 Å². The maximum absolute atomic E-state index is 11.9. The van der Waals surface area contributed by atoms with Crippen LogP contribution in [-0.2, 0) is 9.53 Å². The van der Waals surface area contributed by atoms with Crippen LogP contribution in [-0.4, -0.2) is 35.0 Å². The topological polar surface area (TPSA) is 70.4 Å². The van der Waals surface area contributed by atoms with Crippen LogP contribution in [0.5, 0.6) is 0 Å². The normalized spacial score (nSPS) is 11.5. The Bertz CT molecular complexity index is 324. The van der Waals surface area contributed by atoms with Gasteiger partial charge in [0.2, 0.25) is 0 Å². The van der Waals surface area contributed by atoms with Crippen LogP contribution in [0.3, 0.4) is 0 Å². The van der Waals surface area contributed by atoms with E-state index in [9.17, 15) is 9.59 Å². The van der Waals surface area contributed by atoms with E-state index >= 15 is 0 Å². The third kappa shape index (κ3) is 5.34. The smallest absolute Gasteiger partial charge is 0.411 e. The Morgan fingerprint density at radius 1 is 1.35 bits per heavy atom. The van der Waals surface area contributed by atoms with E-state index in [0.717, 1.165) is 0 Å². The Morgan fingerprint density at radius 3 is 2.24 bits per heavy atom. The van der Waals surface area contributed by atoms with Gasteiger partial charge in [-0.1, -0.05) is 0 Å². The van der Waals surface area contributed by atoms with Gasteiger partial charge in [0.1, 0.15) is 11.9 Å². The fourth-order valence-electron chi connectivity index (χ4n) is 1.16. The Morgan fingerprint density at radius 2 is 1.88 bits per heavy atom. The van der Waals surface area contributed by atoms with E-state index in [1.54, 1.807) is 34.6 Å². The van der Waals surface area contributed by atoms with Gasteiger partial charge in [0.15, 0.2) is 0 Å². The number of nitriles is 1. The van der Waals surface area contributed by atoms with Crippen molar-refractivity contribution in [1.82, 2.24) is 4.90 Å². The molecular weight excluding hydrogens is 220 g/mol. The maximum Gasteiger partial charge on any atom is 0.411 e. The molecule has 0 rings (SSSR count). The Hall–Kier alpha value is -1.57. The highest BCUT2D eigenvalue weighted by atomic mass is 16.6.